The minimum atomic E-state index is 0.453. The first-order chi connectivity index (χ1) is 11.3. The smallest absolute Gasteiger partial charge is 0.223 e. The second-order valence-corrected chi connectivity index (χ2v) is 6.39. The lowest BCUT2D eigenvalue weighted by molar-refractivity contribution is 0.461. The average molecular weight is 328 g/mol. The predicted molar refractivity (Wildman–Crippen MR) is 92.6 cm³/mol. The third-order valence-electron chi connectivity index (χ3n) is 4.38. The molecule has 23 heavy (non-hydrogen) atoms. The standard InChI is InChI=1S/C17H18ClN5/c18-13-10-19-17(20-11-6-2-1-3-7-11)21-16(13)15-12-8-4-5-9-14(12)22-23-15/h4-5,8-11H,1-3,6-7H2,(H,22,23)(H,19,20,21). The van der Waals surface area contributed by atoms with E-state index in [4.69, 9.17) is 11.6 Å². The molecule has 2 heterocycles. The van der Waals surface area contributed by atoms with Gasteiger partial charge in [0.05, 0.1) is 16.7 Å². The van der Waals surface area contributed by atoms with E-state index in [1.165, 1.54) is 32.1 Å². The Morgan fingerprint density at radius 3 is 2.78 bits per heavy atom. The van der Waals surface area contributed by atoms with Gasteiger partial charge in [0.2, 0.25) is 5.95 Å². The summed E-state index contributed by atoms with van der Waals surface area (Å²) in [5.74, 6) is 0.628. The Balaban J connectivity index is 1.69. The number of nitrogens with one attached hydrogen (secondary N) is 2. The Kier molecular flexibility index (Phi) is 3.87. The van der Waals surface area contributed by atoms with Gasteiger partial charge in [-0.2, -0.15) is 5.10 Å². The number of hydrogen-bond donors (Lipinski definition) is 2. The van der Waals surface area contributed by atoms with Crippen LogP contribution >= 0.6 is 11.6 Å². The van der Waals surface area contributed by atoms with Gasteiger partial charge in [-0.3, -0.25) is 5.10 Å². The zero-order chi connectivity index (χ0) is 15.6. The fourth-order valence-corrected chi connectivity index (χ4v) is 3.36. The summed E-state index contributed by atoms with van der Waals surface area (Å²) >= 11 is 6.32. The Bertz CT molecular complexity index is 823. The van der Waals surface area contributed by atoms with E-state index in [9.17, 15) is 0 Å². The van der Waals surface area contributed by atoms with Crippen LogP contribution in [0.4, 0.5) is 5.95 Å². The van der Waals surface area contributed by atoms with Crippen molar-refractivity contribution in [1.82, 2.24) is 20.2 Å². The van der Waals surface area contributed by atoms with Gasteiger partial charge >= 0.3 is 0 Å². The van der Waals surface area contributed by atoms with E-state index < -0.39 is 0 Å². The molecule has 0 radical (unpaired) electrons. The summed E-state index contributed by atoms with van der Waals surface area (Å²) in [6, 6.07) is 8.41. The molecule has 0 amide bonds. The summed E-state index contributed by atoms with van der Waals surface area (Å²) in [5.41, 5.74) is 2.40. The van der Waals surface area contributed by atoms with Crippen LogP contribution in [0.2, 0.25) is 5.02 Å². The monoisotopic (exact) mass is 327 g/mol. The van der Waals surface area contributed by atoms with Gasteiger partial charge in [0.25, 0.3) is 0 Å². The van der Waals surface area contributed by atoms with Crippen LogP contribution in [-0.4, -0.2) is 26.2 Å². The summed E-state index contributed by atoms with van der Waals surface area (Å²) in [5, 5.41) is 12.4. The summed E-state index contributed by atoms with van der Waals surface area (Å²) in [7, 11) is 0. The quantitative estimate of drug-likeness (QED) is 0.747. The molecule has 0 atom stereocenters. The van der Waals surface area contributed by atoms with E-state index in [-0.39, 0.29) is 0 Å². The molecule has 5 nitrogen and oxygen atoms in total. The summed E-state index contributed by atoms with van der Waals surface area (Å²) < 4.78 is 0. The molecule has 2 aromatic heterocycles. The first kappa shape index (κ1) is 14.5. The second-order valence-electron chi connectivity index (χ2n) is 5.99. The van der Waals surface area contributed by atoms with Gasteiger partial charge in [0.1, 0.15) is 11.4 Å². The van der Waals surface area contributed by atoms with Crippen molar-refractivity contribution in [3.05, 3.63) is 35.5 Å². The minimum absolute atomic E-state index is 0.453. The van der Waals surface area contributed by atoms with Crippen molar-refractivity contribution in [2.75, 3.05) is 5.32 Å². The number of para-hydroxylation sites is 1. The van der Waals surface area contributed by atoms with Crippen LogP contribution in [0.15, 0.2) is 30.5 Å². The first-order valence-corrected chi connectivity index (χ1v) is 8.41. The van der Waals surface area contributed by atoms with E-state index in [0.29, 0.717) is 22.7 Å². The molecule has 3 aromatic rings. The van der Waals surface area contributed by atoms with Gasteiger partial charge in [-0.05, 0) is 18.9 Å². The van der Waals surface area contributed by atoms with Crippen molar-refractivity contribution < 1.29 is 0 Å². The van der Waals surface area contributed by atoms with Crippen molar-refractivity contribution in [3.63, 3.8) is 0 Å². The van der Waals surface area contributed by atoms with Crippen LogP contribution < -0.4 is 5.32 Å². The number of benzene rings is 1. The highest BCUT2D eigenvalue weighted by Crippen LogP contribution is 2.30. The second kappa shape index (κ2) is 6.16. The van der Waals surface area contributed by atoms with Gasteiger partial charge in [-0.15, -0.1) is 0 Å². The zero-order valence-corrected chi connectivity index (χ0v) is 13.5. The third kappa shape index (κ3) is 2.88. The highest BCUT2D eigenvalue weighted by atomic mass is 35.5. The molecule has 1 aromatic carbocycles. The Labute approximate surface area is 139 Å². The molecular formula is C17H18ClN5. The normalized spacial score (nSPS) is 15.9. The number of fused-ring (bicyclic) bond motifs is 1. The maximum Gasteiger partial charge on any atom is 0.223 e. The number of nitrogens with zero attached hydrogens (tertiary/aromatic N) is 3. The number of aromatic amines is 1. The predicted octanol–water partition coefficient (Wildman–Crippen LogP) is 4.42. The highest BCUT2D eigenvalue weighted by molar-refractivity contribution is 6.33. The Morgan fingerprint density at radius 2 is 1.91 bits per heavy atom. The molecule has 0 unspecified atom stereocenters. The zero-order valence-electron chi connectivity index (χ0n) is 12.7. The van der Waals surface area contributed by atoms with Crippen LogP contribution in [0.25, 0.3) is 22.3 Å². The van der Waals surface area contributed by atoms with Gasteiger partial charge in [-0.25, -0.2) is 9.97 Å². The SMILES string of the molecule is Clc1cnc(NC2CCCCC2)nc1-c1n[nH]c2ccccc12. The number of hydrogen-bond acceptors (Lipinski definition) is 4. The van der Waals surface area contributed by atoms with E-state index >= 15 is 0 Å². The van der Waals surface area contributed by atoms with Crippen molar-refractivity contribution in [2.45, 2.75) is 38.1 Å². The molecule has 4 rings (SSSR count). The number of H-pyrrole nitrogens is 1. The van der Waals surface area contributed by atoms with Crippen molar-refractivity contribution in [1.29, 1.82) is 0 Å². The number of anilines is 1. The van der Waals surface area contributed by atoms with Gasteiger partial charge < -0.3 is 5.32 Å². The summed E-state index contributed by atoms with van der Waals surface area (Å²) in [6.45, 7) is 0. The molecular weight excluding hydrogens is 310 g/mol. The lowest BCUT2D eigenvalue weighted by Crippen LogP contribution is -2.23. The third-order valence-corrected chi connectivity index (χ3v) is 4.65. The highest BCUT2D eigenvalue weighted by Gasteiger charge is 2.17. The lowest BCUT2D eigenvalue weighted by atomic mass is 9.96. The van der Waals surface area contributed by atoms with Gasteiger partial charge in [0.15, 0.2) is 0 Å². The molecule has 1 saturated carbocycles. The molecule has 1 aliphatic carbocycles. The molecule has 0 spiro atoms. The number of halogens is 1. The van der Waals surface area contributed by atoms with Crippen molar-refractivity contribution in [3.8, 4) is 11.4 Å². The van der Waals surface area contributed by atoms with Crippen molar-refractivity contribution >= 4 is 28.5 Å². The van der Waals surface area contributed by atoms with Crippen LogP contribution in [0.1, 0.15) is 32.1 Å². The van der Waals surface area contributed by atoms with Crippen LogP contribution in [-0.2, 0) is 0 Å². The largest absolute Gasteiger partial charge is 0.351 e. The molecule has 1 aliphatic rings. The van der Waals surface area contributed by atoms with Crippen LogP contribution in [0.3, 0.4) is 0 Å². The van der Waals surface area contributed by atoms with Gasteiger partial charge in [0, 0.05) is 11.4 Å². The summed E-state index contributed by atoms with van der Waals surface area (Å²) in [6.07, 6.45) is 7.85. The topological polar surface area (TPSA) is 66.5 Å². The molecule has 0 bridgehead atoms. The number of aromatic nitrogens is 4. The molecule has 118 valence electrons. The van der Waals surface area contributed by atoms with Gasteiger partial charge in [-0.1, -0.05) is 49.1 Å². The average Bonchev–Trinajstić information content (AvgIpc) is 3.01. The minimum Gasteiger partial charge on any atom is -0.351 e. The van der Waals surface area contributed by atoms with Crippen LogP contribution in [0.5, 0.6) is 0 Å². The van der Waals surface area contributed by atoms with E-state index in [1.54, 1.807) is 6.20 Å². The summed E-state index contributed by atoms with van der Waals surface area (Å²) in [4.78, 5) is 8.95. The first-order valence-electron chi connectivity index (χ1n) is 8.04. The molecule has 6 heteroatoms. The Morgan fingerprint density at radius 1 is 1.09 bits per heavy atom. The van der Waals surface area contributed by atoms with E-state index in [2.05, 4.69) is 25.5 Å². The molecule has 0 saturated heterocycles. The molecule has 1 fully saturated rings. The maximum absolute atomic E-state index is 6.32. The van der Waals surface area contributed by atoms with E-state index in [1.807, 2.05) is 24.3 Å². The fourth-order valence-electron chi connectivity index (χ4n) is 3.18. The lowest BCUT2D eigenvalue weighted by Gasteiger charge is -2.22. The van der Waals surface area contributed by atoms with Crippen LogP contribution in [0, 0.1) is 0 Å². The molecule has 0 aliphatic heterocycles. The Hall–Kier alpha value is -2.14. The number of rotatable bonds is 3. The van der Waals surface area contributed by atoms with E-state index in [0.717, 1.165) is 16.6 Å². The maximum atomic E-state index is 6.32. The fraction of sp³-hybridized carbons (Fsp3) is 0.353. The van der Waals surface area contributed by atoms with Crippen molar-refractivity contribution in [2.24, 2.45) is 0 Å². The molecule has 2 N–H and O–H groups in total.